The number of benzene rings is 1. The molecule has 0 fully saturated rings. The second-order valence-corrected chi connectivity index (χ2v) is 4.46. The summed E-state index contributed by atoms with van der Waals surface area (Å²) in [5, 5.41) is 9.01. The van der Waals surface area contributed by atoms with Crippen LogP contribution < -0.4 is 4.74 Å². The summed E-state index contributed by atoms with van der Waals surface area (Å²) in [5.41, 5.74) is 1.61. The van der Waals surface area contributed by atoms with E-state index >= 15 is 0 Å². The fourth-order valence-corrected chi connectivity index (χ4v) is 2.51. The molecule has 1 aromatic carbocycles. The lowest BCUT2D eigenvalue weighted by molar-refractivity contribution is 0.0696. The van der Waals surface area contributed by atoms with Crippen molar-refractivity contribution >= 4 is 17.3 Å². The number of thiazole rings is 1. The van der Waals surface area contributed by atoms with Gasteiger partial charge in [0.25, 0.3) is 0 Å². The maximum Gasteiger partial charge on any atom is 0.365 e. The molecule has 1 aromatic heterocycles. The van der Waals surface area contributed by atoms with E-state index in [2.05, 4.69) is 4.98 Å². The van der Waals surface area contributed by atoms with Crippen molar-refractivity contribution in [2.24, 2.45) is 0 Å². The lowest BCUT2D eigenvalue weighted by Gasteiger charge is -2.15. The Labute approximate surface area is 95.1 Å². The molecule has 0 unspecified atom stereocenters. The van der Waals surface area contributed by atoms with Crippen LogP contribution in [0, 0.1) is 0 Å². The first kappa shape index (κ1) is 9.35. The van der Waals surface area contributed by atoms with Crippen molar-refractivity contribution in [2.75, 3.05) is 0 Å². The third kappa shape index (κ3) is 1.29. The first-order chi connectivity index (χ1) is 7.75. The summed E-state index contributed by atoms with van der Waals surface area (Å²) >= 11 is 1.17. The van der Waals surface area contributed by atoms with Gasteiger partial charge in [-0.25, -0.2) is 9.78 Å². The molecule has 0 aliphatic carbocycles. The van der Waals surface area contributed by atoms with E-state index in [4.69, 9.17) is 9.84 Å². The first-order valence-corrected chi connectivity index (χ1v) is 5.52. The van der Waals surface area contributed by atoms with E-state index in [1.54, 1.807) is 0 Å². The summed E-state index contributed by atoms with van der Waals surface area (Å²) in [7, 11) is 0. The molecule has 2 heterocycles. The Morgan fingerprint density at radius 3 is 3.06 bits per heavy atom. The number of fused-ring (bicyclic) bond motifs is 3. The van der Waals surface area contributed by atoms with E-state index in [0.717, 1.165) is 21.9 Å². The van der Waals surface area contributed by atoms with Crippen LogP contribution in [-0.2, 0) is 6.61 Å². The number of rotatable bonds is 1. The van der Waals surface area contributed by atoms with Crippen molar-refractivity contribution in [1.29, 1.82) is 0 Å². The number of hydrogen-bond acceptors (Lipinski definition) is 4. The number of carboxylic acid groups (broad SMARTS) is 1. The van der Waals surface area contributed by atoms with Crippen LogP contribution in [0.5, 0.6) is 5.75 Å². The molecule has 1 aliphatic heterocycles. The van der Waals surface area contributed by atoms with Gasteiger partial charge in [0.2, 0.25) is 5.01 Å². The molecule has 1 N–H and O–H groups in total. The molecule has 0 saturated heterocycles. The number of nitrogens with zero attached hydrogens (tertiary/aromatic N) is 1. The van der Waals surface area contributed by atoms with Crippen LogP contribution >= 0.6 is 11.3 Å². The maximum atomic E-state index is 10.8. The van der Waals surface area contributed by atoms with E-state index in [1.807, 2.05) is 24.3 Å². The summed E-state index contributed by atoms with van der Waals surface area (Å²) in [6.45, 7) is 0.400. The summed E-state index contributed by atoms with van der Waals surface area (Å²) in [5.74, 6) is -0.228. The Hall–Kier alpha value is -1.88. The number of aromatic nitrogens is 1. The molecule has 0 spiro atoms. The van der Waals surface area contributed by atoms with E-state index in [0.29, 0.717) is 6.61 Å². The van der Waals surface area contributed by atoms with Gasteiger partial charge in [-0.3, -0.25) is 0 Å². The molecule has 80 valence electrons. The second-order valence-electron chi connectivity index (χ2n) is 3.38. The van der Waals surface area contributed by atoms with Crippen molar-refractivity contribution < 1.29 is 14.6 Å². The zero-order chi connectivity index (χ0) is 11.1. The summed E-state index contributed by atoms with van der Waals surface area (Å²) < 4.78 is 5.52. The molecular weight excluding hydrogens is 226 g/mol. The van der Waals surface area contributed by atoms with Crippen LogP contribution in [0.4, 0.5) is 0 Å². The SMILES string of the molecule is O=C(O)c1nc2c(s1)COc1ccccc1-2. The van der Waals surface area contributed by atoms with Gasteiger partial charge in [-0.15, -0.1) is 11.3 Å². The van der Waals surface area contributed by atoms with Crippen molar-refractivity contribution in [3.05, 3.63) is 34.2 Å². The van der Waals surface area contributed by atoms with Crippen LogP contribution in [0.2, 0.25) is 0 Å². The smallest absolute Gasteiger partial charge is 0.365 e. The molecule has 0 saturated carbocycles. The highest BCUT2D eigenvalue weighted by Crippen LogP contribution is 2.39. The fraction of sp³-hybridized carbons (Fsp3) is 0.0909. The normalized spacial score (nSPS) is 12.5. The number of aromatic carboxylic acids is 1. The molecule has 0 radical (unpaired) electrons. The highest BCUT2D eigenvalue weighted by Gasteiger charge is 2.23. The Balaban J connectivity index is 2.20. The monoisotopic (exact) mass is 233 g/mol. The lowest BCUT2D eigenvalue weighted by atomic mass is 10.1. The van der Waals surface area contributed by atoms with Gasteiger partial charge in [-0.2, -0.15) is 0 Å². The molecule has 3 rings (SSSR count). The highest BCUT2D eigenvalue weighted by atomic mass is 32.1. The molecule has 2 aromatic rings. The third-order valence-electron chi connectivity index (χ3n) is 2.38. The van der Waals surface area contributed by atoms with Gasteiger partial charge in [0.1, 0.15) is 12.4 Å². The maximum absolute atomic E-state index is 10.8. The van der Waals surface area contributed by atoms with E-state index < -0.39 is 5.97 Å². The van der Waals surface area contributed by atoms with Gasteiger partial charge < -0.3 is 9.84 Å². The topological polar surface area (TPSA) is 59.4 Å². The zero-order valence-electron chi connectivity index (χ0n) is 8.14. The largest absolute Gasteiger partial charge is 0.487 e. The molecule has 5 heteroatoms. The summed E-state index contributed by atoms with van der Waals surface area (Å²) in [6, 6.07) is 7.52. The van der Waals surface area contributed by atoms with E-state index in [9.17, 15) is 4.79 Å². The Bertz CT molecular complexity index is 576. The molecular formula is C11H7NO3S. The molecule has 0 amide bonds. The average Bonchev–Trinajstić information content (AvgIpc) is 2.73. The van der Waals surface area contributed by atoms with Crippen LogP contribution in [0.3, 0.4) is 0 Å². The number of hydrogen-bond donors (Lipinski definition) is 1. The van der Waals surface area contributed by atoms with Gasteiger partial charge in [-0.05, 0) is 12.1 Å². The minimum Gasteiger partial charge on any atom is -0.487 e. The predicted octanol–water partition coefficient (Wildman–Crippen LogP) is 2.40. The standard InChI is InChI=1S/C11H7NO3S/c13-11(14)10-12-9-6-3-1-2-4-7(6)15-5-8(9)16-10/h1-4H,5H2,(H,13,14). The fourth-order valence-electron chi connectivity index (χ4n) is 1.68. The quantitative estimate of drug-likeness (QED) is 0.821. The van der Waals surface area contributed by atoms with Crippen molar-refractivity contribution in [2.45, 2.75) is 6.61 Å². The van der Waals surface area contributed by atoms with Crippen LogP contribution in [0.25, 0.3) is 11.3 Å². The number of ether oxygens (including phenoxy) is 1. The average molecular weight is 233 g/mol. The van der Waals surface area contributed by atoms with E-state index in [-0.39, 0.29) is 5.01 Å². The van der Waals surface area contributed by atoms with Gasteiger partial charge in [-0.1, -0.05) is 12.1 Å². The molecule has 1 aliphatic rings. The van der Waals surface area contributed by atoms with Crippen LogP contribution in [0.15, 0.2) is 24.3 Å². The zero-order valence-corrected chi connectivity index (χ0v) is 8.95. The van der Waals surface area contributed by atoms with Gasteiger partial charge in [0, 0.05) is 5.56 Å². The third-order valence-corrected chi connectivity index (χ3v) is 3.40. The Morgan fingerprint density at radius 2 is 2.25 bits per heavy atom. The molecule has 16 heavy (non-hydrogen) atoms. The van der Waals surface area contributed by atoms with Crippen LogP contribution in [0.1, 0.15) is 14.7 Å². The minimum atomic E-state index is -0.989. The minimum absolute atomic E-state index is 0.116. The highest BCUT2D eigenvalue weighted by molar-refractivity contribution is 7.14. The van der Waals surface area contributed by atoms with Crippen molar-refractivity contribution in [1.82, 2.24) is 4.98 Å². The van der Waals surface area contributed by atoms with Crippen LogP contribution in [-0.4, -0.2) is 16.1 Å². The Kier molecular flexibility index (Phi) is 1.94. The van der Waals surface area contributed by atoms with Crippen molar-refractivity contribution in [3.8, 4) is 17.0 Å². The second kappa shape index (κ2) is 3.31. The van der Waals surface area contributed by atoms with Gasteiger partial charge in [0.05, 0.1) is 10.6 Å². The Morgan fingerprint density at radius 1 is 1.44 bits per heavy atom. The van der Waals surface area contributed by atoms with E-state index in [1.165, 1.54) is 11.3 Å². The number of para-hydroxylation sites is 1. The molecule has 0 bridgehead atoms. The molecule has 0 atom stereocenters. The number of carboxylic acids is 1. The number of carbonyl (C=O) groups is 1. The summed E-state index contributed by atoms with van der Waals surface area (Å²) in [6.07, 6.45) is 0. The van der Waals surface area contributed by atoms with Crippen molar-refractivity contribution in [3.63, 3.8) is 0 Å². The molecule has 4 nitrogen and oxygen atoms in total. The first-order valence-electron chi connectivity index (χ1n) is 4.71. The predicted molar refractivity (Wildman–Crippen MR) is 58.8 cm³/mol. The van der Waals surface area contributed by atoms with Gasteiger partial charge >= 0.3 is 5.97 Å². The summed E-state index contributed by atoms with van der Waals surface area (Å²) in [4.78, 5) is 15.8. The lowest BCUT2D eigenvalue weighted by Crippen LogP contribution is -2.02. The van der Waals surface area contributed by atoms with Gasteiger partial charge in [0.15, 0.2) is 0 Å².